The number of nitrogens with zero attached hydrogens (tertiary/aromatic N) is 4. The Morgan fingerprint density at radius 2 is 2.13 bits per heavy atom. The minimum atomic E-state index is -0.655. The fraction of sp³-hybridized carbons (Fsp3) is 0.562. The number of halogens is 1. The van der Waals surface area contributed by atoms with Gasteiger partial charge in [0.1, 0.15) is 6.04 Å². The van der Waals surface area contributed by atoms with Gasteiger partial charge in [0.05, 0.1) is 6.04 Å². The lowest BCUT2D eigenvalue weighted by Crippen LogP contribution is -2.60. The first-order valence-corrected chi connectivity index (χ1v) is 7.78. The van der Waals surface area contributed by atoms with E-state index in [9.17, 15) is 14.0 Å². The first-order valence-electron chi connectivity index (χ1n) is 7.78. The lowest BCUT2D eigenvalue weighted by atomic mass is 10.1. The number of amides is 2. The number of pyridine rings is 1. The highest BCUT2D eigenvalue weighted by atomic mass is 19.1. The summed E-state index contributed by atoms with van der Waals surface area (Å²) in [6, 6.07) is 2.33. The molecule has 3 rings (SSSR count). The molecule has 124 valence electrons. The summed E-state index contributed by atoms with van der Waals surface area (Å²) in [5.41, 5.74) is -0.220. The van der Waals surface area contributed by atoms with Gasteiger partial charge in [-0.1, -0.05) is 0 Å². The zero-order valence-electron chi connectivity index (χ0n) is 13.6. The third kappa shape index (κ3) is 2.69. The van der Waals surface area contributed by atoms with E-state index in [-0.39, 0.29) is 23.7 Å². The molecule has 2 fully saturated rings. The van der Waals surface area contributed by atoms with Crippen LogP contribution in [0.4, 0.5) is 4.39 Å². The monoisotopic (exact) mass is 320 g/mol. The highest BCUT2D eigenvalue weighted by Gasteiger charge is 2.46. The van der Waals surface area contributed by atoms with Crippen molar-refractivity contribution in [1.82, 2.24) is 19.7 Å². The predicted octanol–water partition coefficient (Wildman–Crippen LogP) is 0.596. The molecule has 1 aromatic rings. The summed E-state index contributed by atoms with van der Waals surface area (Å²) in [6.07, 6.45) is 2.20. The van der Waals surface area contributed by atoms with Gasteiger partial charge in [-0.05, 0) is 39.6 Å². The molecule has 23 heavy (non-hydrogen) atoms. The molecule has 3 heterocycles. The van der Waals surface area contributed by atoms with Gasteiger partial charge in [-0.25, -0.2) is 9.37 Å². The first kappa shape index (κ1) is 15.9. The number of carbonyl (C=O) groups excluding carboxylic acids is 2. The van der Waals surface area contributed by atoms with Crippen molar-refractivity contribution < 1.29 is 14.0 Å². The molecule has 0 spiro atoms. The molecule has 0 saturated carbocycles. The smallest absolute Gasteiger partial charge is 0.276 e. The zero-order chi connectivity index (χ0) is 16.7. The van der Waals surface area contributed by atoms with Crippen molar-refractivity contribution in [3.63, 3.8) is 0 Å². The number of rotatable bonds is 2. The van der Waals surface area contributed by atoms with Crippen molar-refractivity contribution in [3.05, 3.63) is 29.8 Å². The van der Waals surface area contributed by atoms with Crippen molar-refractivity contribution in [2.24, 2.45) is 0 Å². The third-order valence-corrected chi connectivity index (χ3v) is 4.86. The molecule has 0 bridgehead atoms. The average Bonchev–Trinajstić information content (AvgIpc) is 2.95. The van der Waals surface area contributed by atoms with Crippen LogP contribution in [0.25, 0.3) is 0 Å². The SMILES string of the molecule is C[C@H]1C(=O)N2C[C@@H](N(C)C)C[C@H]2CN1C(=O)c1ncccc1F. The summed E-state index contributed by atoms with van der Waals surface area (Å²) >= 11 is 0. The van der Waals surface area contributed by atoms with Crippen LogP contribution in [-0.4, -0.2) is 76.8 Å². The van der Waals surface area contributed by atoms with E-state index >= 15 is 0 Å². The standard InChI is InChI=1S/C16H21FN4O2/c1-10-15(22)21-8-11(19(2)3)7-12(21)9-20(10)16(23)14-13(17)5-4-6-18-14/h4-6,10-12H,7-9H2,1-3H3/t10-,11-,12-/m0/s1. The first-order chi connectivity index (χ1) is 10.9. The number of carbonyl (C=O) groups is 2. The summed E-state index contributed by atoms with van der Waals surface area (Å²) in [7, 11) is 3.98. The molecule has 2 aliphatic rings. The predicted molar refractivity (Wildman–Crippen MR) is 82.3 cm³/mol. The molecule has 2 aliphatic heterocycles. The van der Waals surface area contributed by atoms with Crippen LogP contribution < -0.4 is 0 Å². The number of piperazine rings is 1. The number of likely N-dealkylation sites (N-methyl/N-ethyl adjacent to an activating group) is 1. The molecule has 0 unspecified atom stereocenters. The van der Waals surface area contributed by atoms with Gasteiger partial charge in [0.2, 0.25) is 5.91 Å². The summed E-state index contributed by atoms with van der Waals surface area (Å²) in [6.45, 7) is 2.80. The molecule has 7 heteroatoms. The summed E-state index contributed by atoms with van der Waals surface area (Å²) < 4.78 is 13.8. The summed E-state index contributed by atoms with van der Waals surface area (Å²) in [5.74, 6) is -1.25. The quantitative estimate of drug-likeness (QED) is 0.801. The zero-order valence-corrected chi connectivity index (χ0v) is 13.6. The van der Waals surface area contributed by atoms with Crippen LogP contribution in [0.15, 0.2) is 18.3 Å². The van der Waals surface area contributed by atoms with Crippen LogP contribution >= 0.6 is 0 Å². The minimum Gasteiger partial charge on any atom is -0.335 e. The van der Waals surface area contributed by atoms with E-state index in [4.69, 9.17) is 0 Å². The van der Waals surface area contributed by atoms with Crippen LogP contribution in [0.3, 0.4) is 0 Å². The van der Waals surface area contributed by atoms with Crippen LogP contribution in [-0.2, 0) is 4.79 Å². The molecule has 3 atom stereocenters. The molecular formula is C16H21FN4O2. The summed E-state index contributed by atoms with van der Waals surface area (Å²) in [5, 5.41) is 0. The Bertz CT molecular complexity index is 636. The van der Waals surface area contributed by atoms with Gasteiger partial charge in [0.15, 0.2) is 11.5 Å². The average molecular weight is 320 g/mol. The van der Waals surface area contributed by atoms with Crippen LogP contribution in [0, 0.1) is 5.82 Å². The van der Waals surface area contributed by atoms with Crippen molar-refractivity contribution in [1.29, 1.82) is 0 Å². The Morgan fingerprint density at radius 1 is 1.39 bits per heavy atom. The van der Waals surface area contributed by atoms with Crippen molar-refractivity contribution in [2.45, 2.75) is 31.5 Å². The molecule has 0 N–H and O–H groups in total. The van der Waals surface area contributed by atoms with Gasteiger partial charge >= 0.3 is 0 Å². The minimum absolute atomic E-state index is 0.0122. The topological polar surface area (TPSA) is 56.8 Å². The van der Waals surface area contributed by atoms with Crippen LogP contribution in [0.1, 0.15) is 23.8 Å². The van der Waals surface area contributed by atoms with E-state index in [1.165, 1.54) is 23.2 Å². The third-order valence-electron chi connectivity index (χ3n) is 4.86. The highest BCUT2D eigenvalue weighted by molar-refractivity contribution is 5.97. The van der Waals surface area contributed by atoms with Gasteiger partial charge in [0, 0.05) is 25.3 Å². The Morgan fingerprint density at radius 3 is 2.78 bits per heavy atom. The Hall–Kier alpha value is -2.02. The van der Waals surface area contributed by atoms with Crippen LogP contribution in [0.2, 0.25) is 0 Å². The number of hydrogen-bond donors (Lipinski definition) is 0. The second-order valence-electron chi connectivity index (χ2n) is 6.46. The molecule has 2 amide bonds. The summed E-state index contributed by atoms with van der Waals surface area (Å²) in [4.78, 5) is 34.5. The molecule has 6 nitrogen and oxygen atoms in total. The lowest BCUT2D eigenvalue weighted by Gasteiger charge is -2.41. The van der Waals surface area contributed by atoms with E-state index in [1.54, 1.807) is 6.92 Å². The second-order valence-corrected chi connectivity index (χ2v) is 6.46. The van der Waals surface area contributed by atoms with Crippen LogP contribution in [0.5, 0.6) is 0 Å². The van der Waals surface area contributed by atoms with E-state index in [0.29, 0.717) is 13.1 Å². The maximum atomic E-state index is 13.8. The highest BCUT2D eigenvalue weighted by Crippen LogP contribution is 2.28. The maximum Gasteiger partial charge on any atom is 0.276 e. The van der Waals surface area contributed by atoms with Crippen molar-refractivity contribution in [3.8, 4) is 0 Å². The maximum absolute atomic E-state index is 13.8. The van der Waals surface area contributed by atoms with Gasteiger partial charge in [-0.3, -0.25) is 9.59 Å². The number of fused-ring (bicyclic) bond motifs is 1. The number of hydrogen-bond acceptors (Lipinski definition) is 4. The molecule has 0 radical (unpaired) electrons. The van der Waals surface area contributed by atoms with E-state index in [0.717, 1.165) is 6.42 Å². The Balaban J connectivity index is 1.84. The fourth-order valence-electron chi connectivity index (χ4n) is 3.41. The van der Waals surface area contributed by atoms with E-state index in [1.807, 2.05) is 19.0 Å². The molecular weight excluding hydrogens is 299 g/mol. The van der Waals surface area contributed by atoms with E-state index < -0.39 is 17.8 Å². The fourth-order valence-corrected chi connectivity index (χ4v) is 3.41. The van der Waals surface area contributed by atoms with Gasteiger partial charge in [0.25, 0.3) is 5.91 Å². The molecule has 1 aromatic heterocycles. The van der Waals surface area contributed by atoms with Crippen molar-refractivity contribution in [2.75, 3.05) is 27.2 Å². The second kappa shape index (κ2) is 5.88. The largest absolute Gasteiger partial charge is 0.335 e. The Labute approximate surface area is 134 Å². The van der Waals surface area contributed by atoms with E-state index in [2.05, 4.69) is 9.88 Å². The molecule has 0 aromatic carbocycles. The molecule has 0 aliphatic carbocycles. The van der Waals surface area contributed by atoms with Gasteiger partial charge in [-0.15, -0.1) is 0 Å². The van der Waals surface area contributed by atoms with Gasteiger partial charge < -0.3 is 14.7 Å². The lowest BCUT2D eigenvalue weighted by molar-refractivity contribution is -0.141. The van der Waals surface area contributed by atoms with Gasteiger partial charge in [-0.2, -0.15) is 0 Å². The van der Waals surface area contributed by atoms with Crippen molar-refractivity contribution >= 4 is 11.8 Å². The normalized spacial score (nSPS) is 27.5. The Kier molecular flexibility index (Phi) is 4.06. The number of aromatic nitrogens is 1. The molecule has 2 saturated heterocycles.